The Morgan fingerprint density at radius 3 is 2.11 bits per heavy atom. The van der Waals surface area contributed by atoms with Crippen LogP contribution < -0.4 is 4.90 Å². The number of benzene rings is 2. The van der Waals surface area contributed by atoms with Gasteiger partial charge in [-0.05, 0) is 55.5 Å². The zero-order valence-corrected chi connectivity index (χ0v) is 15.2. The van der Waals surface area contributed by atoms with E-state index < -0.39 is 0 Å². The number of piperazine rings is 1. The molecule has 4 nitrogen and oxygen atoms in total. The van der Waals surface area contributed by atoms with Crippen LogP contribution in [0.4, 0.5) is 14.5 Å². The Kier molecular flexibility index (Phi) is 4.90. The van der Waals surface area contributed by atoms with Gasteiger partial charge in [0.25, 0.3) is 0 Å². The molecule has 1 aliphatic rings. The summed E-state index contributed by atoms with van der Waals surface area (Å²) >= 11 is 0. The summed E-state index contributed by atoms with van der Waals surface area (Å²) in [4.78, 5) is 4.59. The van der Waals surface area contributed by atoms with Gasteiger partial charge in [0.2, 0.25) is 0 Å². The molecule has 2 heterocycles. The van der Waals surface area contributed by atoms with E-state index in [0.717, 1.165) is 48.7 Å². The lowest BCUT2D eigenvalue weighted by molar-refractivity contribution is 0.242. The second-order valence-electron chi connectivity index (χ2n) is 6.83. The molecule has 0 N–H and O–H groups in total. The van der Waals surface area contributed by atoms with Crippen LogP contribution in [0.15, 0.2) is 53.1 Å². The molecule has 0 saturated carbocycles. The Bertz CT molecular complexity index is 898. The van der Waals surface area contributed by atoms with Gasteiger partial charge in [0.15, 0.2) is 5.76 Å². The van der Waals surface area contributed by atoms with E-state index in [2.05, 4.69) is 15.0 Å². The Labute approximate surface area is 157 Å². The fourth-order valence-electron chi connectivity index (χ4n) is 3.41. The van der Waals surface area contributed by atoms with Gasteiger partial charge in [0.05, 0.1) is 0 Å². The van der Waals surface area contributed by atoms with E-state index in [1.54, 1.807) is 12.1 Å². The molecule has 0 atom stereocenters. The van der Waals surface area contributed by atoms with Crippen molar-refractivity contribution in [3.05, 3.63) is 71.4 Å². The maximum atomic E-state index is 13.1. The van der Waals surface area contributed by atoms with Gasteiger partial charge in [-0.2, -0.15) is 0 Å². The predicted molar refractivity (Wildman–Crippen MR) is 101 cm³/mol. The molecule has 0 spiro atoms. The molecule has 4 rings (SSSR count). The van der Waals surface area contributed by atoms with Crippen molar-refractivity contribution in [2.24, 2.45) is 0 Å². The van der Waals surface area contributed by atoms with E-state index in [4.69, 9.17) is 4.52 Å². The number of rotatable bonds is 4. The first-order valence-corrected chi connectivity index (χ1v) is 9.04. The summed E-state index contributed by atoms with van der Waals surface area (Å²) in [6, 6.07) is 12.9. The maximum absolute atomic E-state index is 13.1. The number of aromatic nitrogens is 1. The summed E-state index contributed by atoms with van der Waals surface area (Å²) < 4.78 is 31.7. The first-order valence-electron chi connectivity index (χ1n) is 9.04. The number of hydrogen-bond acceptors (Lipinski definition) is 4. The smallest absolute Gasteiger partial charge is 0.170 e. The van der Waals surface area contributed by atoms with E-state index in [1.165, 1.54) is 24.3 Å². The largest absolute Gasteiger partial charge is 0.369 e. The van der Waals surface area contributed by atoms with Crippen LogP contribution in [0.1, 0.15) is 11.3 Å². The van der Waals surface area contributed by atoms with E-state index >= 15 is 0 Å². The minimum Gasteiger partial charge on any atom is -0.369 e. The van der Waals surface area contributed by atoms with Crippen LogP contribution >= 0.6 is 0 Å². The van der Waals surface area contributed by atoms with E-state index in [9.17, 15) is 8.78 Å². The van der Waals surface area contributed by atoms with E-state index in [-0.39, 0.29) is 11.6 Å². The van der Waals surface area contributed by atoms with Gasteiger partial charge in [-0.25, -0.2) is 8.78 Å². The fourth-order valence-corrected chi connectivity index (χ4v) is 3.41. The van der Waals surface area contributed by atoms with Gasteiger partial charge in [-0.1, -0.05) is 5.16 Å². The lowest BCUT2D eigenvalue weighted by Gasteiger charge is -2.35. The molecule has 1 saturated heterocycles. The SMILES string of the molecule is Cc1c(CN2CCN(c3ccc(F)cc3)CC2)noc1-c1ccc(F)cc1. The van der Waals surface area contributed by atoms with Crippen LogP contribution in [-0.4, -0.2) is 36.2 Å². The van der Waals surface area contributed by atoms with Crippen LogP contribution in [-0.2, 0) is 6.54 Å². The van der Waals surface area contributed by atoms with Gasteiger partial charge in [-0.3, -0.25) is 4.90 Å². The molecule has 0 bridgehead atoms. The molecule has 0 aliphatic carbocycles. The van der Waals surface area contributed by atoms with Gasteiger partial charge >= 0.3 is 0 Å². The zero-order valence-electron chi connectivity index (χ0n) is 15.2. The molecule has 1 fully saturated rings. The molecule has 140 valence electrons. The van der Waals surface area contributed by atoms with E-state index in [1.807, 2.05) is 19.1 Å². The summed E-state index contributed by atoms with van der Waals surface area (Å²) in [5.74, 6) is 0.209. The van der Waals surface area contributed by atoms with Crippen LogP contribution in [0.25, 0.3) is 11.3 Å². The Balaban J connectivity index is 1.39. The molecular formula is C21H21F2N3O. The number of hydrogen-bond donors (Lipinski definition) is 0. The average Bonchev–Trinajstić information content (AvgIpc) is 3.04. The van der Waals surface area contributed by atoms with Crippen molar-refractivity contribution in [1.82, 2.24) is 10.1 Å². The Morgan fingerprint density at radius 1 is 0.889 bits per heavy atom. The molecule has 1 aliphatic heterocycles. The standard InChI is InChI=1S/C21H21F2N3O/c1-15-20(24-27-21(15)16-2-4-17(22)5-3-16)14-25-10-12-26(13-11-25)19-8-6-18(23)7-9-19/h2-9H,10-14H2,1H3. The average molecular weight is 369 g/mol. The predicted octanol–water partition coefficient (Wildman–Crippen LogP) is 4.25. The maximum Gasteiger partial charge on any atom is 0.170 e. The molecule has 0 radical (unpaired) electrons. The second kappa shape index (κ2) is 7.48. The molecule has 6 heteroatoms. The normalized spacial score (nSPS) is 15.3. The Hall–Kier alpha value is -2.73. The second-order valence-corrected chi connectivity index (χ2v) is 6.83. The summed E-state index contributed by atoms with van der Waals surface area (Å²) in [6.45, 7) is 6.26. The van der Waals surface area contributed by atoms with Gasteiger partial charge in [0.1, 0.15) is 17.3 Å². The summed E-state index contributed by atoms with van der Waals surface area (Å²) in [5.41, 5.74) is 3.77. The number of anilines is 1. The van der Waals surface area contributed by atoms with Crippen LogP contribution in [0.3, 0.4) is 0 Å². The van der Waals surface area contributed by atoms with Crippen molar-refractivity contribution in [1.29, 1.82) is 0 Å². The van der Waals surface area contributed by atoms with Crippen LogP contribution in [0.5, 0.6) is 0 Å². The van der Waals surface area contributed by atoms with Crippen molar-refractivity contribution >= 4 is 5.69 Å². The van der Waals surface area contributed by atoms with Gasteiger partial charge < -0.3 is 9.42 Å². The molecule has 0 unspecified atom stereocenters. The highest BCUT2D eigenvalue weighted by Crippen LogP contribution is 2.27. The highest BCUT2D eigenvalue weighted by molar-refractivity contribution is 5.61. The number of nitrogens with zero attached hydrogens (tertiary/aromatic N) is 3. The molecule has 27 heavy (non-hydrogen) atoms. The van der Waals surface area contributed by atoms with Gasteiger partial charge in [-0.15, -0.1) is 0 Å². The minimum atomic E-state index is -0.268. The summed E-state index contributed by atoms with van der Waals surface area (Å²) in [6.07, 6.45) is 0. The molecule has 3 aromatic rings. The first kappa shape index (κ1) is 17.7. The topological polar surface area (TPSA) is 32.5 Å². The molecule has 0 amide bonds. The highest BCUT2D eigenvalue weighted by atomic mass is 19.1. The highest BCUT2D eigenvalue weighted by Gasteiger charge is 2.21. The van der Waals surface area contributed by atoms with Gasteiger partial charge in [0, 0.05) is 49.5 Å². The third kappa shape index (κ3) is 3.85. The Morgan fingerprint density at radius 2 is 1.48 bits per heavy atom. The third-order valence-corrected chi connectivity index (χ3v) is 5.06. The van der Waals surface area contributed by atoms with E-state index in [0.29, 0.717) is 12.3 Å². The third-order valence-electron chi connectivity index (χ3n) is 5.06. The first-order chi connectivity index (χ1) is 13.1. The van der Waals surface area contributed by atoms with Crippen molar-refractivity contribution in [3.8, 4) is 11.3 Å². The van der Waals surface area contributed by atoms with Crippen molar-refractivity contribution < 1.29 is 13.3 Å². The summed E-state index contributed by atoms with van der Waals surface area (Å²) in [7, 11) is 0. The lowest BCUT2D eigenvalue weighted by Crippen LogP contribution is -2.46. The molecule has 2 aromatic carbocycles. The molecular weight excluding hydrogens is 348 g/mol. The summed E-state index contributed by atoms with van der Waals surface area (Å²) in [5, 5.41) is 4.23. The minimum absolute atomic E-state index is 0.212. The van der Waals surface area contributed by atoms with Crippen LogP contribution in [0, 0.1) is 18.6 Å². The van der Waals surface area contributed by atoms with Crippen molar-refractivity contribution in [3.63, 3.8) is 0 Å². The zero-order chi connectivity index (χ0) is 18.8. The quantitative estimate of drug-likeness (QED) is 0.688. The lowest BCUT2D eigenvalue weighted by atomic mass is 10.1. The molecule has 1 aromatic heterocycles. The monoisotopic (exact) mass is 369 g/mol. The van der Waals surface area contributed by atoms with Crippen molar-refractivity contribution in [2.45, 2.75) is 13.5 Å². The van der Waals surface area contributed by atoms with Crippen LogP contribution in [0.2, 0.25) is 0 Å². The van der Waals surface area contributed by atoms with Crippen molar-refractivity contribution in [2.75, 3.05) is 31.1 Å². The number of halogens is 2. The fraction of sp³-hybridized carbons (Fsp3) is 0.286.